The highest BCUT2D eigenvalue weighted by Crippen LogP contribution is 2.14. The van der Waals surface area contributed by atoms with Crippen LogP contribution in [0.15, 0.2) is 35.0 Å². The van der Waals surface area contributed by atoms with Gasteiger partial charge in [-0.25, -0.2) is 4.68 Å². The molecule has 0 saturated heterocycles. The zero-order chi connectivity index (χ0) is 13.1. The van der Waals surface area contributed by atoms with Gasteiger partial charge in [-0.15, -0.1) is 0 Å². The van der Waals surface area contributed by atoms with E-state index in [1.54, 1.807) is 16.8 Å². The van der Waals surface area contributed by atoms with E-state index < -0.39 is 4.92 Å². The second-order valence-corrected chi connectivity index (χ2v) is 4.02. The second kappa shape index (κ2) is 4.82. The first-order valence-electron chi connectivity index (χ1n) is 5.39. The van der Waals surface area contributed by atoms with E-state index in [2.05, 4.69) is 9.79 Å². The largest absolute Gasteiger partial charge is 0.487 e. The van der Waals surface area contributed by atoms with Gasteiger partial charge in [0.1, 0.15) is 0 Å². The van der Waals surface area contributed by atoms with Crippen LogP contribution in [0.25, 0.3) is 0 Å². The van der Waals surface area contributed by atoms with Gasteiger partial charge in [0.25, 0.3) is 11.2 Å². The third-order valence-corrected chi connectivity index (χ3v) is 2.61. The molecule has 0 aliphatic carbocycles. The Bertz CT molecular complexity index is 599. The summed E-state index contributed by atoms with van der Waals surface area (Å²) in [6.07, 6.45) is 2.16. The maximum absolute atomic E-state index is 10.5. The zero-order valence-corrected chi connectivity index (χ0v) is 9.74. The van der Waals surface area contributed by atoms with Crippen LogP contribution in [0, 0.1) is 15.5 Å². The molecule has 1 aromatic heterocycles. The Morgan fingerprint density at radius 2 is 2.17 bits per heavy atom. The molecule has 2 aromatic rings. The smallest absolute Gasteiger partial charge is 0.269 e. The zero-order valence-electron chi connectivity index (χ0n) is 9.74. The Morgan fingerprint density at radius 3 is 2.67 bits per heavy atom. The summed E-state index contributed by atoms with van der Waals surface area (Å²) in [5.74, 6) is 0. The Labute approximate surface area is 102 Å². The Balaban J connectivity index is 2.09. The van der Waals surface area contributed by atoms with Crippen LogP contribution in [0.1, 0.15) is 18.5 Å². The topological polar surface area (TPSA) is 98.1 Å². The van der Waals surface area contributed by atoms with Crippen LogP contribution in [0.4, 0.5) is 5.69 Å². The van der Waals surface area contributed by atoms with Crippen molar-refractivity contribution >= 4 is 5.69 Å². The summed E-state index contributed by atoms with van der Waals surface area (Å²) >= 11 is 0. The van der Waals surface area contributed by atoms with Gasteiger partial charge in [-0.05, 0) is 12.5 Å². The summed E-state index contributed by atoms with van der Waals surface area (Å²) in [6, 6.07) is 6.42. The molecule has 1 atom stereocenters. The molecule has 0 aliphatic heterocycles. The molecule has 1 N–H and O–H groups in total. The fraction of sp³-hybridized carbons (Fsp3) is 0.273. The van der Waals surface area contributed by atoms with Crippen molar-refractivity contribution in [3.63, 3.8) is 0 Å². The lowest BCUT2D eigenvalue weighted by Crippen LogP contribution is -2.42. The number of aromatic nitrogens is 2. The average Bonchev–Trinajstić information content (AvgIpc) is 2.76. The van der Waals surface area contributed by atoms with E-state index in [1.807, 2.05) is 6.92 Å². The molecule has 0 saturated carbocycles. The second-order valence-electron chi connectivity index (χ2n) is 4.02. The first kappa shape index (κ1) is 12.0. The molecule has 0 bridgehead atoms. The molecular formula is C11H12N4O3. The van der Waals surface area contributed by atoms with E-state index in [1.165, 1.54) is 18.3 Å². The van der Waals surface area contributed by atoms with Crippen molar-refractivity contribution in [2.45, 2.75) is 19.4 Å². The monoisotopic (exact) mass is 248 g/mol. The lowest BCUT2D eigenvalue weighted by Gasteiger charge is -2.08. The molecule has 0 fully saturated rings. The minimum Gasteiger partial charge on any atom is -0.487 e. The first-order chi connectivity index (χ1) is 8.56. The summed E-state index contributed by atoms with van der Waals surface area (Å²) in [7, 11) is 0. The highest BCUT2D eigenvalue weighted by atomic mass is 16.6. The quantitative estimate of drug-likeness (QED) is 0.489. The van der Waals surface area contributed by atoms with Gasteiger partial charge in [0.2, 0.25) is 6.20 Å². The maximum Gasteiger partial charge on any atom is 0.269 e. The third-order valence-electron chi connectivity index (χ3n) is 2.61. The summed E-state index contributed by atoms with van der Waals surface area (Å²) in [4.78, 5) is 10.1. The summed E-state index contributed by atoms with van der Waals surface area (Å²) in [6.45, 7) is 1.93. The number of non-ortho nitro benzene ring substituents is 1. The van der Waals surface area contributed by atoms with Crippen LogP contribution in [0.2, 0.25) is 0 Å². The van der Waals surface area contributed by atoms with Crippen LogP contribution in [0.3, 0.4) is 0 Å². The van der Waals surface area contributed by atoms with Gasteiger partial charge in [-0.2, -0.15) is 0 Å². The highest BCUT2D eigenvalue weighted by molar-refractivity contribution is 5.32. The minimum atomic E-state index is -0.425. The van der Waals surface area contributed by atoms with E-state index in [-0.39, 0.29) is 17.3 Å². The van der Waals surface area contributed by atoms with Crippen LogP contribution in [-0.4, -0.2) is 4.92 Å². The molecule has 0 radical (unpaired) electrons. The lowest BCUT2D eigenvalue weighted by molar-refractivity contribution is -0.787. The van der Waals surface area contributed by atoms with Crippen molar-refractivity contribution < 1.29 is 14.1 Å². The van der Waals surface area contributed by atoms with Crippen molar-refractivity contribution in [2.75, 3.05) is 0 Å². The molecule has 0 spiro atoms. The molecular weight excluding hydrogens is 236 g/mol. The van der Waals surface area contributed by atoms with Gasteiger partial charge >= 0.3 is 0 Å². The molecule has 1 unspecified atom stereocenters. The van der Waals surface area contributed by atoms with Gasteiger partial charge < -0.3 is 4.52 Å². The fourth-order valence-electron chi connectivity index (χ4n) is 1.65. The number of nitro groups is 1. The number of nitrogens with one attached hydrogen (secondary N) is 1. The van der Waals surface area contributed by atoms with Gasteiger partial charge in [-0.1, -0.05) is 12.1 Å². The molecule has 18 heavy (non-hydrogen) atoms. The minimum absolute atomic E-state index is 0.00514. The van der Waals surface area contributed by atoms with Gasteiger partial charge in [0.05, 0.1) is 4.92 Å². The number of nitro benzene ring substituents is 1. The maximum atomic E-state index is 10.5. The first-order valence-corrected chi connectivity index (χ1v) is 5.39. The van der Waals surface area contributed by atoms with E-state index in [4.69, 9.17) is 5.41 Å². The van der Waals surface area contributed by atoms with Crippen molar-refractivity contribution in [3.05, 3.63) is 51.7 Å². The Morgan fingerprint density at radius 1 is 1.50 bits per heavy atom. The Kier molecular flexibility index (Phi) is 3.22. The van der Waals surface area contributed by atoms with Crippen molar-refractivity contribution in [3.8, 4) is 0 Å². The fourth-order valence-corrected chi connectivity index (χ4v) is 1.65. The summed E-state index contributed by atoms with van der Waals surface area (Å²) < 4.78 is 6.22. The highest BCUT2D eigenvalue weighted by Gasteiger charge is 2.12. The molecule has 0 amide bonds. The van der Waals surface area contributed by atoms with Gasteiger partial charge in [-0.3, -0.25) is 20.8 Å². The predicted octanol–water partition coefficient (Wildman–Crippen LogP) is 0.716. The normalized spacial score (nSPS) is 12.3. The molecule has 7 heteroatoms. The molecule has 7 nitrogen and oxygen atoms in total. The Hall–Kier alpha value is -2.44. The van der Waals surface area contributed by atoms with Crippen molar-refractivity contribution in [1.29, 1.82) is 5.41 Å². The molecule has 94 valence electrons. The molecule has 0 aliphatic rings. The van der Waals surface area contributed by atoms with Crippen LogP contribution in [-0.2, 0) is 6.42 Å². The number of nitrogens with zero attached hydrogens (tertiary/aromatic N) is 3. The van der Waals surface area contributed by atoms with E-state index >= 15 is 0 Å². The van der Waals surface area contributed by atoms with Crippen LogP contribution < -0.4 is 15.5 Å². The predicted molar refractivity (Wildman–Crippen MR) is 59.6 cm³/mol. The van der Waals surface area contributed by atoms with Gasteiger partial charge in [0, 0.05) is 18.6 Å². The van der Waals surface area contributed by atoms with Crippen molar-refractivity contribution in [1.82, 2.24) is 5.27 Å². The summed E-state index contributed by atoms with van der Waals surface area (Å²) in [5.41, 5.74) is 1.05. The number of hydrogen-bond donors (Lipinski definition) is 1. The summed E-state index contributed by atoms with van der Waals surface area (Å²) in [5, 5.41) is 21.5. The van der Waals surface area contributed by atoms with E-state index in [0.29, 0.717) is 6.42 Å². The standard InChI is InChI=1S/C11H12N4O3/c1-8(14-7-11(12)18-13-14)6-9-2-4-10(5-3-9)15(16)17/h2-5,7-8,12H,6H2,1H3. The van der Waals surface area contributed by atoms with Crippen molar-refractivity contribution in [2.24, 2.45) is 0 Å². The van der Waals surface area contributed by atoms with Crippen LogP contribution >= 0.6 is 0 Å². The van der Waals surface area contributed by atoms with Gasteiger partial charge in [0.15, 0.2) is 6.04 Å². The SMILES string of the molecule is CC(Cc1ccc([N+](=O)[O-])cc1)[n+]1cc(=N)o[n-]1. The molecule has 2 rings (SSSR count). The van der Waals surface area contributed by atoms with Crippen LogP contribution in [0.5, 0.6) is 0 Å². The van der Waals surface area contributed by atoms with E-state index in [9.17, 15) is 10.1 Å². The number of benzene rings is 1. The molecule has 1 aromatic carbocycles. The number of hydrogen-bond acceptors (Lipinski definition) is 4. The molecule has 1 heterocycles. The van der Waals surface area contributed by atoms with E-state index in [0.717, 1.165) is 5.56 Å². The number of rotatable bonds is 4. The lowest BCUT2D eigenvalue weighted by atomic mass is 10.1. The third kappa shape index (κ3) is 2.62. The average molecular weight is 248 g/mol.